The third-order valence-corrected chi connectivity index (χ3v) is 4.83. The van der Waals surface area contributed by atoms with Crippen molar-refractivity contribution in [2.45, 2.75) is 19.9 Å². The highest BCUT2D eigenvalue weighted by atomic mass is 32.1. The van der Waals surface area contributed by atoms with Crippen LogP contribution < -0.4 is 10.6 Å². The van der Waals surface area contributed by atoms with Gasteiger partial charge in [-0.05, 0) is 13.8 Å². The van der Waals surface area contributed by atoms with Crippen LogP contribution in [0, 0.1) is 6.92 Å². The van der Waals surface area contributed by atoms with Crippen molar-refractivity contribution in [1.29, 1.82) is 0 Å². The van der Waals surface area contributed by atoms with E-state index in [-0.39, 0.29) is 24.4 Å². The molecule has 2 N–H and O–H groups in total. The topological polar surface area (TPSA) is 74.3 Å². The van der Waals surface area contributed by atoms with Crippen molar-refractivity contribution in [3.05, 3.63) is 35.2 Å². The summed E-state index contributed by atoms with van der Waals surface area (Å²) in [4.78, 5) is 30.2. The van der Waals surface area contributed by atoms with Gasteiger partial charge in [0.25, 0.3) is 0 Å². The maximum absolute atomic E-state index is 12.4. The van der Waals surface area contributed by atoms with Crippen molar-refractivity contribution in [3.63, 3.8) is 0 Å². The summed E-state index contributed by atoms with van der Waals surface area (Å²) in [7, 11) is 0. The first-order valence-corrected chi connectivity index (χ1v) is 8.75. The number of piperazine rings is 1. The number of nitrogens with one attached hydrogen (secondary N) is 2. The number of hydrogen-bond acceptors (Lipinski definition) is 5. The lowest BCUT2D eigenvalue weighted by molar-refractivity contribution is -0.127. The molecule has 0 bridgehead atoms. The summed E-state index contributed by atoms with van der Waals surface area (Å²) >= 11 is 1.40. The van der Waals surface area contributed by atoms with Crippen molar-refractivity contribution in [1.82, 2.24) is 15.2 Å². The van der Waals surface area contributed by atoms with E-state index in [2.05, 4.69) is 15.6 Å². The van der Waals surface area contributed by atoms with Gasteiger partial charge in [-0.3, -0.25) is 14.5 Å². The Labute approximate surface area is 144 Å². The molecule has 0 radical (unpaired) electrons. The van der Waals surface area contributed by atoms with E-state index in [4.69, 9.17) is 0 Å². The maximum atomic E-state index is 12.4. The minimum atomic E-state index is -0.372. The summed E-state index contributed by atoms with van der Waals surface area (Å²) in [6.07, 6.45) is 0. The first-order valence-electron chi connectivity index (χ1n) is 7.87. The number of rotatable bonds is 4. The summed E-state index contributed by atoms with van der Waals surface area (Å²) in [5.41, 5.74) is 3.07. The average molecular weight is 344 g/mol. The molecule has 1 fully saturated rings. The number of benzene rings is 1. The van der Waals surface area contributed by atoms with Gasteiger partial charge in [0.1, 0.15) is 0 Å². The fraction of sp³-hybridized carbons (Fsp3) is 0.353. The van der Waals surface area contributed by atoms with Crippen LogP contribution in [0.15, 0.2) is 29.6 Å². The Kier molecular flexibility index (Phi) is 4.92. The van der Waals surface area contributed by atoms with Crippen LogP contribution in [0.2, 0.25) is 0 Å². The quantitative estimate of drug-likeness (QED) is 0.888. The van der Waals surface area contributed by atoms with Gasteiger partial charge in [-0.25, -0.2) is 4.98 Å². The minimum Gasteiger partial charge on any atom is -0.354 e. The number of aromatic nitrogens is 1. The minimum absolute atomic E-state index is 0.0446. The normalized spacial score (nSPS) is 16.5. The fourth-order valence-corrected chi connectivity index (χ4v) is 3.28. The molecule has 1 aliphatic rings. The smallest absolute Gasteiger partial charge is 0.243 e. The van der Waals surface area contributed by atoms with Gasteiger partial charge in [0.15, 0.2) is 5.13 Å². The van der Waals surface area contributed by atoms with Crippen LogP contribution in [0.1, 0.15) is 12.5 Å². The van der Waals surface area contributed by atoms with Gasteiger partial charge in [0.05, 0.1) is 18.3 Å². The van der Waals surface area contributed by atoms with Crippen molar-refractivity contribution >= 4 is 28.3 Å². The Bertz CT molecular complexity index is 741. The molecule has 1 aliphatic heterocycles. The summed E-state index contributed by atoms with van der Waals surface area (Å²) < 4.78 is 0. The average Bonchev–Trinajstić information content (AvgIpc) is 3.03. The van der Waals surface area contributed by atoms with Crippen LogP contribution in [0.4, 0.5) is 5.13 Å². The predicted molar refractivity (Wildman–Crippen MR) is 95.0 cm³/mol. The summed E-state index contributed by atoms with van der Waals surface area (Å²) in [5, 5.41) is 8.11. The largest absolute Gasteiger partial charge is 0.354 e. The fourth-order valence-electron chi connectivity index (χ4n) is 2.55. The van der Waals surface area contributed by atoms with Crippen LogP contribution in [-0.2, 0) is 9.59 Å². The summed E-state index contributed by atoms with van der Waals surface area (Å²) in [6, 6.07) is 7.74. The number of thiazole rings is 1. The SMILES string of the molecule is Cc1ccc(-c2csc(NC(=O)C(C)N3CCNC(=O)C3)n2)cc1. The number of hydrogen-bond donors (Lipinski definition) is 2. The molecule has 2 amide bonds. The highest BCUT2D eigenvalue weighted by Crippen LogP contribution is 2.25. The van der Waals surface area contributed by atoms with Crippen LogP contribution in [0.3, 0.4) is 0 Å². The monoisotopic (exact) mass is 344 g/mol. The lowest BCUT2D eigenvalue weighted by Crippen LogP contribution is -2.53. The van der Waals surface area contributed by atoms with E-state index >= 15 is 0 Å². The van der Waals surface area contributed by atoms with E-state index in [9.17, 15) is 9.59 Å². The van der Waals surface area contributed by atoms with E-state index in [0.29, 0.717) is 18.2 Å². The zero-order valence-electron chi connectivity index (χ0n) is 13.7. The molecule has 3 rings (SSSR count). The summed E-state index contributed by atoms with van der Waals surface area (Å²) in [6.45, 7) is 5.35. The van der Waals surface area contributed by atoms with Gasteiger partial charge < -0.3 is 10.6 Å². The molecule has 0 saturated carbocycles. The molecule has 1 aromatic carbocycles. The molecule has 126 valence electrons. The van der Waals surface area contributed by atoms with E-state index in [1.165, 1.54) is 16.9 Å². The van der Waals surface area contributed by atoms with Gasteiger partial charge in [0.2, 0.25) is 11.8 Å². The van der Waals surface area contributed by atoms with E-state index < -0.39 is 0 Å². The first-order chi connectivity index (χ1) is 11.5. The van der Waals surface area contributed by atoms with Gasteiger partial charge in [0, 0.05) is 24.0 Å². The number of carbonyl (C=O) groups excluding carboxylic acids is 2. The zero-order chi connectivity index (χ0) is 17.1. The number of anilines is 1. The first kappa shape index (κ1) is 16.6. The Morgan fingerprint density at radius 3 is 2.83 bits per heavy atom. The second-order valence-electron chi connectivity index (χ2n) is 5.89. The molecule has 0 aliphatic carbocycles. The molecule has 24 heavy (non-hydrogen) atoms. The maximum Gasteiger partial charge on any atom is 0.243 e. The summed E-state index contributed by atoms with van der Waals surface area (Å²) in [5.74, 6) is -0.189. The van der Waals surface area contributed by atoms with Gasteiger partial charge in [-0.2, -0.15) is 0 Å². The lowest BCUT2D eigenvalue weighted by atomic mass is 10.1. The Morgan fingerprint density at radius 2 is 2.12 bits per heavy atom. The highest BCUT2D eigenvalue weighted by molar-refractivity contribution is 7.14. The number of aryl methyl sites for hydroxylation is 1. The molecule has 1 atom stereocenters. The predicted octanol–water partition coefficient (Wildman–Crippen LogP) is 1.88. The van der Waals surface area contributed by atoms with Crippen molar-refractivity contribution in [3.8, 4) is 11.3 Å². The number of nitrogens with zero attached hydrogens (tertiary/aromatic N) is 2. The van der Waals surface area contributed by atoms with E-state index in [1.54, 1.807) is 0 Å². The molecular weight excluding hydrogens is 324 g/mol. The molecule has 0 spiro atoms. The standard InChI is InChI=1S/C17H20N4O2S/c1-11-3-5-13(6-4-11)14-10-24-17(19-14)20-16(23)12(2)21-8-7-18-15(22)9-21/h3-6,10,12H,7-9H2,1-2H3,(H,18,22)(H,19,20,23). The molecular formula is C17H20N4O2S. The molecule has 2 heterocycles. The third-order valence-electron chi connectivity index (χ3n) is 4.08. The van der Waals surface area contributed by atoms with Crippen molar-refractivity contribution in [2.24, 2.45) is 0 Å². The second kappa shape index (κ2) is 7.11. The Hall–Kier alpha value is -2.25. The van der Waals surface area contributed by atoms with E-state index in [0.717, 1.165) is 11.3 Å². The van der Waals surface area contributed by atoms with Crippen LogP contribution >= 0.6 is 11.3 Å². The lowest BCUT2D eigenvalue weighted by Gasteiger charge is -2.30. The molecule has 1 aromatic heterocycles. The molecule has 7 heteroatoms. The van der Waals surface area contributed by atoms with Gasteiger partial charge >= 0.3 is 0 Å². The van der Waals surface area contributed by atoms with Crippen LogP contribution in [0.25, 0.3) is 11.3 Å². The van der Waals surface area contributed by atoms with Crippen LogP contribution in [0.5, 0.6) is 0 Å². The van der Waals surface area contributed by atoms with Crippen LogP contribution in [-0.4, -0.2) is 47.4 Å². The van der Waals surface area contributed by atoms with Crippen molar-refractivity contribution in [2.75, 3.05) is 25.0 Å². The third kappa shape index (κ3) is 3.80. The molecule has 1 unspecified atom stereocenters. The molecule has 6 nitrogen and oxygen atoms in total. The zero-order valence-corrected chi connectivity index (χ0v) is 14.5. The number of amides is 2. The van der Waals surface area contributed by atoms with E-state index in [1.807, 2.05) is 48.4 Å². The van der Waals surface area contributed by atoms with Gasteiger partial charge in [-0.1, -0.05) is 29.8 Å². The Morgan fingerprint density at radius 1 is 1.38 bits per heavy atom. The van der Waals surface area contributed by atoms with Crippen molar-refractivity contribution < 1.29 is 9.59 Å². The van der Waals surface area contributed by atoms with Gasteiger partial charge in [-0.15, -0.1) is 11.3 Å². The highest BCUT2D eigenvalue weighted by Gasteiger charge is 2.26. The molecule has 2 aromatic rings. The Balaban J connectivity index is 1.64. The number of carbonyl (C=O) groups is 2. The second-order valence-corrected chi connectivity index (χ2v) is 6.75. The molecule has 1 saturated heterocycles.